The molecule has 17 heavy (non-hydrogen) atoms. The van der Waals surface area contributed by atoms with Gasteiger partial charge in [-0.05, 0) is 44.3 Å². The van der Waals surface area contributed by atoms with Crippen LogP contribution in [0.1, 0.15) is 45.5 Å². The van der Waals surface area contributed by atoms with Gasteiger partial charge in [0, 0.05) is 12.2 Å². The zero-order valence-electron chi connectivity index (χ0n) is 11.8. The predicted molar refractivity (Wildman–Crippen MR) is 73.3 cm³/mol. The van der Waals surface area contributed by atoms with E-state index in [9.17, 15) is 0 Å². The first-order valence-corrected chi connectivity index (χ1v) is 6.97. The molecule has 0 bridgehead atoms. The molecular formula is C14H27N3. The lowest BCUT2D eigenvalue weighted by atomic mass is 10.1. The number of aryl methyl sites for hydroxylation is 2. The highest BCUT2D eigenvalue weighted by Gasteiger charge is 2.08. The van der Waals surface area contributed by atoms with E-state index in [1.54, 1.807) is 0 Å². The van der Waals surface area contributed by atoms with Crippen LogP contribution < -0.4 is 5.32 Å². The maximum absolute atomic E-state index is 4.66. The van der Waals surface area contributed by atoms with E-state index >= 15 is 0 Å². The first kappa shape index (κ1) is 14.2. The van der Waals surface area contributed by atoms with Gasteiger partial charge in [0.1, 0.15) is 0 Å². The average Bonchev–Trinajstić information content (AvgIpc) is 2.71. The Labute approximate surface area is 106 Å². The SMILES string of the molecule is CCCNCC(C)Cn1nc(CC)cc1CC. The van der Waals surface area contributed by atoms with E-state index in [1.807, 2.05) is 0 Å². The molecule has 0 saturated heterocycles. The Morgan fingerprint density at radius 2 is 2.06 bits per heavy atom. The molecule has 0 aliphatic rings. The van der Waals surface area contributed by atoms with Crippen LogP contribution in [-0.2, 0) is 19.4 Å². The van der Waals surface area contributed by atoms with Crippen molar-refractivity contribution in [3.63, 3.8) is 0 Å². The second-order valence-electron chi connectivity index (χ2n) is 4.83. The summed E-state index contributed by atoms with van der Waals surface area (Å²) in [6.07, 6.45) is 3.30. The lowest BCUT2D eigenvalue weighted by Crippen LogP contribution is -2.25. The molecule has 1 unspecified atom stereocenters. The summed E-state index contributed by atoms with van der Waals surface area (Å²) in [6.45, 7) is 12.1. The topological polar surface area (TPSA) is 29.9 Å². The normalized spacial score (nSPS) is 12.9. The third kappa shape index (κ3) is 4.50. The zero-order valence-corrected chi connectivity index (χ0v) is 11.8. The first-order valence-electron chi connectivity index (χ1n) is 6.97. The van der Waals surface area contributed by atoms with E-state index in [0.717, 1.165) is 32.5 Å². The molecule has 1 aromatic rings. The van der Waals surface area contributed by atoms with E-state index in [-0.39, 0.29) is 0 Å². The van der Waals surface area contributed by atoms with Crippen LogP contribution in [0.5, 0.6) is 0 Å². The van der Waals surface area contributed by atoms with Crippen molar-refractivity contribution in [2.75, 3.05) is 13.1 Å². The Balaban J connectivity index is 2.51. The third-order valence-corrected chi connectivity index (χ3v) is 3.04. The van der Waals surface area contributed by atoms with Gasteiger partial charge in [-0.1, -0.05) is 27.7 Å². The van der Waals surface area contributed by atoms with Gasteiger partial charge in [0.25, 0.3) is 0 Å². The van der Waals surface area contributed by atoms with E-state index in [4.69, 9.17) is 0 Å². The number of hydrogen-bond donors (Lipinski definition) is 1. The molecule has 0 saturated carbocycles. The van der Waals surface area contributed by atoms with Gasteiger partial charge < -0.3 is 5.32 Å². The minimum absolute atomic E-state index is 0.636. The molecule has 3 heteroatoms. The molecule has 0 aliphatic carbocycles. The van der Waals surface area contributed by atoms with Crippen molar-refractivity contribution in [2.24, 2.45) is 5.92 Å². The first-order chi connectivity index (χ1) is 8.21. The van der Waals surface area contributed by atoms with Crippen molar-refractivity contribution in [3.8, 4) is 0 Å². The monoisotopic (exact) mass is 237 g/mol. The van der Waals surface area contributed by atoms with Crippen LogP contribution in [0.3, 0.4) is 0 Å². The highest BCUT2D eigenvalue weighted by atomic mass is 15.3. The minimum Gasteiger partial charge on any atom is -0.316 e. The van der Waals surface area contributed by atoms with Gasteiger partial charge in [0.05, 0.1) is 5.69 Å². The summed E-state index contributed by atoms with van der Waals surface area (Å²) in [5, 5.41) is 8.13. The summed E-state index contributed by atoms with van der Waals surface area (Å²) in [5.74, 6) is 0.636. The maximum atomic E-state index is 4.66. The standard InChI is InChI=1S/C14H27N3/c1-5-8-15-10-12(4)11-17-14(7-3)9-13(6-2)16-17/h9,12,15H,5-8,10-11H2,1-4H3. The van der Waals surface area contributed by atoms with Gasteiger partial charge in [-0.15, -0.1) is 0 Å². The molecule has 1 atom stereocenters. The Morgan fingerprint density at radius 1 is 1.29 bits per heavy atom. The van der Waals surface area contributed by atoms with Crippen LogP contribution >= 0.6 is 0 Å². The van der Waals surface area contributed by atoms with E-state index in [0.29, 0.717) is 5.92 Å². The quantitative estimate of drug-likeness (QED) is 0.704. The van der Waals surface area contributed by atoms with E-state index < -0.39 is 0 Å². The van der Waals surface area contributed by atoms with Crippen molar-refractivity contribution >= 4 is 0 Å². The predicted octanol–water partition coefficient (Wildman–Crippen LogP) is 2.64. The third-order valence-electron chi connectivity index (χ3n) is 3.04. The largest absolute Gasteiger partial charge is 0.316 e. The minimum atomic E-state index is 0.636. The zero-order chi connectivity index (χ0) is 12.7. The fraction of sp³-hybridized carbons (Fsp3) is 0.786. The van der Waals surface area contributed by atoms with Gasteiger partial charge in [-0.2, -0.15) is 5.10 Å². The van der Waals surface area contributed by atoms with Crippen molar-refractivity contribution in [3.05, 3.63) is 17.5 Å². The molecule has 1 heterocycles. The Bertz CT molecular complexity index is 317. The van der Waals surface area contributed by atoms with Gasteiger partial charge in [-0.3, -0.25) is 4.68 Å². The number of nitrogens with zero attached hydrogens (tertiary/aromatic N) is 2. The Kier molecular flexibility index (Phi) is 6.27. The highest BCUT2D eigenvalue weighted by Crippen LogP contribution is 2.09. The van der Waals surface area contributed by atoms with Crippen LogP contribution in [0.15, 0.2) is 6.07 Å². The fourth-order valence-electron chi connectivity index (χ4n) is 2.02. The van der Waals surface area contributed by atoms with Crippen molar-refractivity contribution in [2.45, 2.75) is 53.5 Å². The lowest BCUT2D eigenvalue weighted by molar-refractivity contribution is 0.413. The number of rotatable bonds is 8. The second kappa shape index (κ2) is 7.49. The summed E-state index contributed by atoms with van der Waals surface area (Å²) in [6, 6.07) is 2.24. The molecule has 0 aliphatic heterocycles. The summed E-state index contributed by atoms with van der Waals surface area (Å²) in [5.41, 5.74) is 2.58. The van der Waals surface area contributed by atoms with Gasteiger partial charge >= 0.3 is 0 Å². The molecule has 0 radical (unpaired) electrons. The molecule has 1 aromatic heterocycles. The van der Waals surface area contributed by atoms with Crippen LogP contribution in [0, 0.1) is 5.92 Å². The summed E-state index contributed by atoms with van der Waals surface area (Å²) >= 11 is 0. The number of hydrogen-bond acceptors (Lipinski definition) is 2. The molecule has 98 valence electrons. The van der Waals surface area contributed by atoms with Crippen molar-refractivity contribution < 1.29 is 0 Å². The lowest BCUT2D eigenvalue weighted by Gasteiger charge is -2.14. The maximum Gasteiger partial charge on any atom is 0.0624 e. The molecule has 0 spiro atoms. The Morgan fingerprint density at radius 3 is 2.65 bits per heavy atom. The second-order valence-corrected chi connectivity index (χ2v) is 4.83. The van der Waals surface area contributed by atoms with Crippen LogP contribution in [0.25, 0.3) is 0 Å². The molecule has 0 amide bonds. The number of aromatic nitrogens is 2. The molecule has 0 aromatic carbocycles. The fourth-order valence-corrected chi connectivity index (χ4v) is 2.02. The van der Waals surface area contributed by atoms with Gasteiger partial charge in [0.2, 0.25) is 0 Å². The molecule has 1 N–H and O–H groups in total. The van der Waals surface area contributed by atoms with Gasteiger partial charge in [0.15, 0.2) is 0 Å². The van der Waals surface area contributed by atoms with Crippen LogP contribution in [-0.4, -0.2) is 22.9 Å². The average molecular weight is 237 g/mol. The summed E-state index contributed by atoms with van der Waals surface area (Å²) in [4.78, 5) is 0. The number of nitrogens with one attached hydrogen (secondary N) is 1. The van der Waals surface area contributed by atoms with Crippen LogP contribution in [0.4, 0.5) is 0 Å². The molecule has 3 nitrogen and oxygen atoms in total. The molecular weight excluding hydrogens is 210 g/mol. The molecule has 0 fully saturated rings. The Hall–Kier alpha value is -0.830. The summed E-state index contributed by atoms with van der Waals surface area (Å²) < 4.78 is 2.19. The van der Waals surface area contributed by atoms with Crippen molar-refractivity contribution in [1.82, 2.24) is 15.1 Å². The highest BCUT2D eigenvalue weighted by molar-refractivity contribution is 5.10. The molecule has 1 rings (SSSR count). The van der Waals surface area contributed by atoms with Gasteiger partial charge in [-0.25, -0.2) is 0 Å². The van der Waals surface area contributed by atoms with E-state index in [2.05, 4.69) is 48.9 Å². The van der Waals surface area contributed by atoms with Crippen molar-refractivity contribution in [1.29, 1.82) is 0 Å². The van der Waals surface area contributed by atoms with E-state index in [1.165, 1.54) is 17.8 Å². The van der Waals surface area contributed by atoms with Crippen LogP contribution in [0.2, 0.25) is 0 Å². The smallest absolute Gasteiger partial charge is 0.0624 e. The summed E-state index contributed by atoms with van der Waals surface area (Å²) in [7, 11) is 0.